The number of pyridine rings is 1. The summed E-state index contributed by atoms with van der Waals surface area (Å²) in [5.41, 5.74) is 3.12. The lowest BCUT2D eigenvalue weighted by atomic mass is 10.1. The molecule has 0 atom stereocenters. The highest BCUT2D eigenvalue weighted by Gasteiger charge is 2.25. The van der Waals surface area contributed by atoms with Crippen molar-refractivity contribution in [2.75, 3.05) is 6.54 Å². The molecule has 1 aliphatic heterocycles. The normalized spacial score (nSPS) is 18.2. The maximum atomic E-state index is 12.2. The topological polar surface area (TPSA) is 61.9 Å². The second kappa shape index (κ2) is 5.65. The minimum Gasteiger partial charge on any atom is -0.310 e. The van der Waals surface area contributed by atoms with Gasteiger partial charge in [-0.05, 0) is 36.8 Å². The summed E-state index contributed by atoms with van der Waals surface area (Å²) in [5, 5.41) is 0. The first kappa shape index (κ1) is 13.6. The van der Waals surface area contributed by atoms with Crippen LogP contribution < -0.4 is 5.56 Å². The number of nitrogens with one attached hydrogen (secondary N) is 1. The molecule has 2 aromatic rings. The van der Waals surface area contributed by atoms with Gasteiger partial charge in [0.05, 0.1) is 5.69 Å². The van der Waals surface area contributed by atoms with Crippen LogP contribution in [0.4, 0.5) is 0 Å². The summed E-state index contributed by atoms with van der Waals surface area (Å²) >= 11 is 0. The Morgan fingerprint density at radius 3 is 3.05 bits per heavy atom. The molecule has 0 aromatic carbocycles. The van der Waals surface area contributed by atoms with Crippen LogP contribution >= 0.6 is 0 Å². The molecule has 114 valence electrons. The Kier molecular flexibility index (Phi) is 3.50. The molecule has 2 aliphatic rings. The summed E-state index contributed by atoms with van der Waals surface area (Å²) < 4.78 is 0. The molecule has 0 unspecified atom stereocenters. The van der Waals surface area contributed by atoms with Gasteiger partial charge in [0.2, 0.25) is 0 Å². The average Bonchev–Trinajstić information content (AvgIpc) is 3.32. The van der Waals surface area contributed by atoms with E-state index in [4.69, 9.17) is 4.98 Å². The van der Waals surface area contributed by atoms with Gasteiger partial charge in [-0.25, -0.2) is 4.98 Å². The second-order valence-electron chi connectivity index (χ2n) is 6.41. The van der Waals surface area contributed by atoms with Gasteiger partial charge < -0.3 is 4.98 Å². The van der Waals surface area contributed by atoms with E-state index in [2.05, 4.69) is 20.9 Å². The van der Waals surface area contributed by atoms with E-state index in [0.717, 1.165) is 55.5 Å². The van der Waals surface area contributed by atoms with Crippen LogP contribution in [0.1, 0.15) is 35.5 Å². The molecule has 0 amide bonds. The highest BCUT2D eigenvalue weighted by Crippen LogP contribution is 2.31. The summed E-state index contributed by atoms with van der Waals surface area (Å²) in [4.78, 5) is 26.4. The fourth-order valence-corrected chi connectivity index (χ4v) is 3.12. The molecule has 5 heteroatoms. The summed E-state index contributed by atoms with van der Waals surface area (Å²) in [6.07, 6.45) is 7.94. The second-order valence-corrected chi connectivity index (χ2v) is 6.41. The molecule has 2 aromatic heterocycles. The number of nitrogens with zero attached hydrogens (tertiary/aromatic N) is 3. The molecule has 0 bridgehead atoms. The van der Waals surface area contributed by atoms with Gasteiger partial charge in [-0.15, -0.1) is 0 Å². The largest absolute Gasteiger partial charge is 0.310 e. The fourth-order valence-electron chi connectivity index (χ4n) is 3.12. The lowest BCUT2D eigenvalue weighted by Crippen LogP contribution is -2.35. The number of rotatable bonds is 4. The van der Waals surface area contributed by atoms with Crippen molar-refractivity contribution in [2.24, 2.45) is 5.92 Å². The van der Waals surface area contributed by atoms with Crippen molar-refractivity contribution >= 4 is 0 Å². The highest BCUT2D eigenvalue weighted by atomic mass is 16.1. The smallest absolute Gasteiger partial charge is 0.254 e. The van der Waals surface area contributed by atoms with Gasteiger partial charge in [-0.3, -0.25) is 14.7 Å². The maximum Gasteiger partial charge on any atom is 0.254 e. The van der Waals surface area contributed by atoms with E-state index >= 15 is 0 Å². The lowest BCUT2D eigenvalue weighted by Gasteiger charge is -2.27. The van der Waals surface area contributed by atoms with Crippen molar-refractivity contribution in [3.05, 3.63) is 57.5 Å². The molecule has 1 N–H and O–H groups in total. The first-order chi connectivity index (χ1) is 10.8. The molecule has 3 heterocycles. The van der Waals surface area contributed by atoms with E-state index in [9.17, 15) is 4.79 Å². The van der Waals surface area contributed by atoms with Gasteiger partial charge in [0, 0.05) is 44.0 Å². The molecule has 1 fully saturated rings. The molecule has 5 nitrogen and oxygen atoms in total. The van der Waals surface area contributed by atoms with E-state index in [1.54, 1.807) is 6.20 Å². The van der Waals surface area contributed by atoms with Crippen molar-refractivity contribution in [2.45, 2.75) is 38.8 Å². The van der Waals surface area contributed by atoms with Gasteiger partial charge >= 0.3 is 0 Å². The van der Waals surface area contributed by atoms with Gasteiger partial charge in [0.1, 0.15) is 5.82 Å². The molecule has 22 heavy (non-hydrogen) atoms. The van der Waals surface area contributed by atoms with Crippen LogP contribution in [0.2, 0.25) is 0 Å². The van der Waals surface area contributed by atoms with Crippen molar-refractivity contribution in [3.8, 4) is 0 Å². The number of fused-ring (bicyclic) bond motifs is 1. The predicted molar refractivity (Wildman–Crippen MR) is 83.3 cm³/mol. The zero-order valence-electron chi connectivity index (χ0n) is 12.6. The average molecular weight is 296 g/mol. The first-order valence-corrected chi connectivity index (χ1v) is 8.00. The number of hydrogen-bond acceptors (Lipinski definition) is 4. The summed E-state index contributed by atoms with van der Waals surface area (Å²) in [5.74, 6) is 1.60. The van der Waals surface area contributed by atoms with Crippen LogP contribution in [0, 0.1) is 5.92 Å². The van der Waals surface area contributed by atoms with Crippen molar-refractivity contribution in [1.82, 2.24) is 19.9 Å². The summed E-state index contributed by atoms with van der Waals surface area (Å²) in [6, 6.07) is 4.05. The molecule has 0 spiro atoms. The maximum absolute atomic E-state index is 12.2. The predicted octanol–water partition coefficient (Wildman–Crippen LogP) is 1.68. The third kappa shape index (κ3) is 2.95. The van der Waals surface area contributed by atoms with Crippen molar-refractivity contribution in [3.63, 3.8) is 0 Å². The Hall–Kier alpha value is -2.01. The van der Waals surface area contributed by atoms with Crippen molar-refractivity contribution < 1.29 is 0 Å². The van der Waals surface area contributed by atoms with Gasteiger partial charge in [-0.2, -0.15) is 0 Å². The number of aromatic amines is 1. The number of hydrogen-bond donors (Lipinski definition) is 1. The zero-order chi connectivity index (χ0) is 14.9. The molecular weight excluding hydrogens is 276 g/mol. The lowest BCUT2D eigenvalue weighted by molar-refractivity contribution is 0.239. The Bertz CT molecular complexity index is 721. The van der Waals surface area contributed by atoms with Crippen LogP contribution in [-0.2, 0) is 25.9 Å². The summed E-state index contributed by atoms with van der Waals surface area (Å²) in [7, 11) is 0. The Labute approximate surface area is 129 Å². The highest BCUT2D eigenvalue weighted by molar-refractivity contribution is 5.22. The van der Waals surface area contributed by atoms with Gasteiger partial charge in [0.25, 0.3) is 5.56 Å². The van der Waals surface area contributed by atoms with E-state index in [1.165, 1.54) is 18.4 Å². The van der Waals surface area contributed by atoms with E-state index in [-0.39, 0.29) is 5.56 Å². The Balaban J connectivity index is 1.53. The van der Waals surface area contributed by atoms with E-state index in [1.807, 2.05) is 12.3 Å². The Morgan fingerprint density at radius 2 is 2.27 bits per heavy atom. The zero-order valence-corrected chi connectivity index (χ0v) is 12.6. The molecule has 1 saturated carbocycles. The minimum atomic E-state index is 0.0710. The number of H-pyrrole nitrogens is 1. The third-order valence-electron chi connectivity index (χ3n) is 4.51. The monoisotopic (exact) mass is 296 g/mol. The standard InChI is InChI=1S/C17H20N4O/c22-17-14-5-7-21(10-13-2-1-6-18-9-13)11-15(14)19-16(20-17)8-12-3-4-12/h1-2,6,9,12H,3-5,7-8,10-11H2,(H,19,20,22). The van der Waals surface area contributed by atoms with Crippen LogP contribution in [0.25, 0.3) is 0 Å². The molecule has 1 aliphatic carbocycles. The Morgan fingerprint density at radius 1 is 1.36 bits per heavy atom. The minimum absolute atomic E-state index is 0.0710. The van der Waals surface area contributed by atoms with Crippen LogP contribution in [0.5, 0.6) is 0 Å². The first-order valence-electron chi connectivity index (χ1n) is 8.00. The van der Waals surface area contributed by atoms with Crippen molar-refractivity contribution in [1.29, 1.82) is 0 Å². The quantitative estimate of drug-likeness (QED) is 0.932. The molecular formula is C17H20N4O. The van der Waals surface area contributed by atoms with Crippen LogP contribution in [0.15, 0.2) is 29.3 Å². The fraction of sp³-hybridized carbons (Fsp3) is 0.471. The van der Waals surface area contributed by atoms with Gasteiger partial charge in [-0.1, -0.05) is 6.07 Å². The van der Waals surface area contributed by atoms with Crippen LogP contribution in [-0.4, -0.2) is 26.4 Å². The summed E-state index contributed by atoms with van der Waals surface area (Å²) in [6.45, 7) is 2.51. The third-order valence-corrected chi connectivity index (χ3v) is 4.51. The SMILES string of the molecule is O=c1[nH]c(CC2CC2)nc2c1CCN(Cc1cccnc1)C2. The number of aromatic nitrogens is 3. The molecule has 0 saturated heterocycles. The van der Waals surface area contributed by atoms with E-state index < -0.39 is 0 Å². The van der Waals surface area contributed by atoms with Crippen LogP contribution in [0.3, 0.4) is 0 Å². The van der Waals surface area contributed by atoms with E-state index in [0.29, 0.717) is 0 Å². The molecule has 4 rings (SSSR count). The molecule has 0 radical (unpaired) electrons. The van der Waals surface area contributed by atoms with Gasteiger partial charge in [0.15, 0.2) is 0 Å².